The Kier molecular flexibility index (Phi) is 5.13. The van der Waals surface area contributed by atoms with E-state index in [0.29, 0.717) is 28.5 Å². The number of anilines is 1. The van der Waals surface area contributed by atoms with Gasteiger partial charge in [0.15, 0.2) is 10.6 Å². The van der Waals surface area contributed by atoms with Gasteiger partial charge < -0.3 is 10.1 Å². The largest absolute Gasteiger partial charge is 0.494 e. The maximum atomic E-state index is 12.5. The van der Waals surface area contributed by atoms with E-state index >= 15 is 0 Å². The monoisotopic (exact) mass is 433 g/mol. The Bertz CT molecular complexity index is 1300. The number of amides is 1. The van der Waals surface area contributed by atoms with Crippen LogP contribution in [-0.4, -0.2) is 42.8 Å². The number of carbonyl (C=O) groups is 1. The van der Waals surface area contributed by atoms with Gasteiger partial charge >= 0.3 is 0 Å². The summed E-state index contributed by atoms with van der Waals surface area (Å²) >= 11 is 1.27. The average molecular weight is 433 g/mol. The number of fused-ring (bicyclic) bond motifs is 2. The number of rotatable bonds is 7. The summed E-state index contributed by atoms with van der Waals surface area (Å²) in [7, 11) is -3.99. The molecule has 0 fully saturated rings. The molecule has 0 aliphatic rings. The summed E-state index contributed by atoms with van der Waals surface area (Å²) in [5.74, 6) is 0.161. The molecule has 0 saturated carbocycles. The Balaban J connectivity index is 1.44. The second kappa shape index (κ2) is 7.73. The van der Waals surface area contributed by atoms with Crippen LogP contribution >= 0.6 is 11.3 Å². The van der Waals surface area contributed by atoms with Crippen LogP contribution in [0.25, 0.3) is 21.3 Å². The number of sulfonamides is 1. The van der Waals surface area contributed by atoms with E-state index in [-0.39, 0.29) is 10.4 Å². The van der Waals surface area contributed by atoms with Gasteiger partial charge in [-0.2, -0.15) is 0 Å². The summed E-state index contributed by atoms with van der Waals surface area (Å²) < 4.78 is 38.1. The van der Waals surface area contributed by atoms with E-state index in [1.165, 1.54) is 23.5 Å². The molecule has 29 heavy (non-hydrogen) atoms. The first-order valence-corrected chi connectivity index (χ1v) is 10.8. The van der Waals surface area contributed by atoms with Crippen LogP contribution in [0.3, 0.4) is 0 Å². The summed E-state index contributed by atoms with van der Waals surface area (Å²) in [5.41, 5.74) is 1.11. The van der Waals surface area contributed by atoms with Gasteiger partial charge in [0.05, 0.1) is 23.4 Å². The Morgan fingerprint density at radius 3 is 2.90 bits per heavy atom. The number of carbonyl (C=O) groups excluding carboxylic acids is 1. The number of nitrogens with zero attached hydrogens (tertiary/aromatic N) is 3. The van der Waals surface area contributed by atoms with Gasteiger partial charge in [0.25, 0.3) is 0 Å². The van der Waals surface area contributed by atoms with Gasteiger partial charge in [-0.05, 0) is 47.6 Å². The van der Waals surface area contributed by atoms with Crippen molar-refractivity contribution in [1.82, 2.24) is 20.0 Å². The molecular formula is C17H15N5O5S2. The fourth-order valence-electron chi connectivity index (χ4n) is 2.61. The van der Waals surface area contributed by atoms with Crippen molar-refractivity contribution in [2.45, 2.75) is 11.8 Å². The van der Waals surface area contributed by atoms with Crippen molar-refractivity contribution in [3.05, 3.63) is 36.4 Å². The second-order valence-corrected chi connectivity index (χ2v) is 8.61. The Labute approximate surface area is 168 Å². The van der Waals surface area contributed by atoms with Crippen LogP contribution in [-0.2, 0) is 14.8 Å². The van der Waals surface area contributed by atoms with E-state index in [2.05, 4.69) is 30.0 Å². The topological polar surface area (TPSA) is 136 Å². The predicted octanol–water partition coefficient (Wildman–Crippen LogP) is 2.15. The van der Waals surface area contributed by atoms with E-state index in [1.807, 2.05) is 13.0 Å². The molecule has 0 saturated heterocycles. The van der Waals surface area contributed by atoms with Crippen molar-refractivity contribution >= 4 is 53.6 Å². The van der Waals surface area contributed by atoms with Crippen LogP contribution < -0.4 is 14.8 Å². The fraction of sp³-hybridized carbons (Fsp3) is 0.176. The predicted molar refractivity (Wildman–Crippen MR) is 106 cm³/mol. The summed E-state index contributed by atoms with van der Waals surface area (Å²) in [5, 5.41) is 10.2. The number of aromatic nitrogens is 3. The summed E-state index contributed by atoms with van der Waals surface area (Å²) in [6, 6.07) is 9.87. The van der Waals surface area contributed by atoms with Gasteiger partial charge in [-0.3, -0.25) is 4.79 Å². The first kappa shape index (κ1) is 19.2. The average Bonchev–Trinajstić information content (AvgIpc) is 3.32. The van der Waals surface area contributed by atoms with Crippen LogP contribution in [0.15, 0.2) is 45.9 Å². The van der Waals surface area contributed by atoms with E-state index in [9.17, 15) is 13.2 Å². The van der Waals surface area contributed by atoms with E-state index in [4.69, 9.17) is 4.74 Å². The minimum Gasteiger partial charge on any atom is -0.494 e. The molecule has 0 unspecified atom stereocenters. The lowest BCUT2D eigenvalue weighted by Crippen LogP contribution is -2.33. The Morgan fingerprint density at radius 1 is 1.21 bits per heavy atom. The second-order valence-electron chi connectivity index (χ2n) is 5.84. The van der Waals surface area contributed by atoms with Gasteiger partial charge in [-0.25, -0.2) is 22.8 Å². The lowest BCUT2D eigenvalue weighted by Gasteiger charge is -2.06. The number of thiazole rings is 1. The molecule has 0 atom stereocenters. The first-order valence-electron chi connectivity index (χ1n) is 8.50. The highest BCUT2D eigenvalue weighted by Crippen LogP contribution is 2.29. The number of ether oxygens (including phenoxy) is 1. The van der Waals surface area contributed by atoms with E-state index < -0.39 is 22.5 Å². The maximum absolute atomic E-state index is 12.5. The number of hydrogen-bond donors (Lipinski definition) is 2. The number of nitrogens with one attached hydrogen (secondary N) is 2. The lowest BCUT2D eigenvalue weighted by atomic mass is 10.3. The fourth-order valence-corrected chi connectivity index (χ4v) is 4.66. The zero-order chi connectivity index (χ0) is 20.4. The minimum atomic E-state index is -3.99. The molecule has 10 nitrogen and oxygen atoms in total. The van der Waals surface area contributed by atoms with Crippen LogP contribution in [0.2, 0.25) is 0 Å². The van der Waals surface area contributed by atoms with Gasteiger partial charge in [0.2, 0.25) is 15.9 Å². The van der Waals surface area contributed by atoms with Crippen LogP contribution in [0.5, 0.6) is 5.75 Å². The van der Waals surface area contributed by atoms with Crippen molar-refractivity contribution in [2.24, 2.45) is 0 Å². The third kappa shape index (κ3) is 4.04. The van der Waals surface area contributed by atoms with E-state index in [1.54, 1.807) is 18.2 Å². The zero-order valence-corrected chi connectivity index (χ0v) is 16.7. The minimum absolute atomic E-state index is 0.0942. The molecule has 2 aromatic carbocycles. The highest BCUT2D eigenvalue weighted by molar-refractivity contribution is 7.89. The Morgan fingerprint density at radius 2 is 2.07 bits per heavy atom. The highest BCUT2D eigenvalue weighted by Gasteiger charge is 2.21. The standard InChI is InChI=1S/C17H15N5O5S2/c1-2-26-10-6-7-11-13(8-10)28-17(19-11)20-15(23)9-18-29(24,25)14-5-3-4-12-16(14)22-27-21-12/h3-8,18H,2,9H2,1H3,(H,19,20,23). The third-order valence-corrected chi connectivity index (χ3v) is 6.24. The van der Waals surface area contributed by atoms with E-state index in [0.717, 1.165) is 4.70 Å². The molecule has 1 amide bonds. The third-order valence-electron chi connectivity index (χ3n) is 3.88. The number of hydrogen-bond acceptors (Lipinski definition) is 9. The molecule has 150 valence electrons. The molecule has 0 aliphatic carbocycles. The maximum Gasteiger partial charge on any atom is 0.243 e. The molecule has 4 aromatic rings. The molecular weight excluding hydrogens is 418 g/mol. The molecule has 2 aromatic heterocycles. The summed E-state index contributed by atoms with van der Waals surface area (Å²) in [4.78, 5) is 16.4. The van der Waals surface area contributed by atoms with Gasteiger partial charge in [0.1, 0.15) is 16.2 Å². The quantitative estimate of drug-likeness (QED) is 0.452. The lowest BCUT2D eigenvalue weighted by molar-refractivity contribution is -0.115. The zero-order valence-electron chi connectivity index (χ0n) is 15.1. The van der Waals surface area contributed by atoms with Crippen molar-refractivity contribution < 1.29 is 22.6 Å². The van der Waals surface area contributed by atoms with Crippen LogP contribution in [0, 0.1) is 0 Å². The van der Waals surface area contributed by atoms with Crippen molar-refractivity contribution in [3.8, 4) is 5.75 Å². The van der Waals surface area contributed by atoms with Gasteiger partial charge in [0, 0.05) is 0 Å². The molecule has 4 rings (SSSR count). The first-order chi connectivity index (χ1) is 14.0. The van der Waals surface area contributed by atoms with Crippen LogP contribution in [0.4, 0.5) is 5.13 Å². The molecule has 2 N–H and O–H groups in total. The molecule has 12 heteroatoms. The number of benzene rings is 2. The van der Waals surface area contributed by atoms with Gasteiger partial charge in [-0.1, -0.05) is 17.4 Å². The van der Waals surface area contributed by atoms with Crippen molar-refractivity contribution in [1.29, 1.82) is 0 Å². The SMILES string of the molecule is CCOc1ccc2nc(NC(=O)CNS(=O)(=O)c3cccc4nonc34)sc2c1. The van der Waals surface area contributed by atoms with Crippen molar-refractivity contribution in [2.75, 3.05) is 18.5 Å². The molecule has 0 spiro atoms. The summed E-state index contributed by atoms with van der Waals surface area (Å²) in [6.07, 6.45) is 0. The molecule has 0 radical (unpaired) electrons. The van der Waals surface area contributed by atoms with Crippen molar-refractivity contribution in [3.63, 3.8) is 0 Å². The molecule has 0 aliphatic heterocycles. The van der Waals surface area contributed by atoms with Gasteiger partial charge in [-0.15, -0.1) is 0 Å². The Hall–Kier alpha value is -3.09. The highest BCUT2D eigenvalue weighted by atomic mass is 32.2. The van der Waals surface area contributed by atoms with Crippen LogP contribution in [0.1, 0.15) is 6.92 Å². The smallest absolute Gasteiger partial charge is 0.243 e. The molecule has 2 heterocycles. The normalized spacial score (nSPS) is 11.8. The summed E-state index contributed by atoms with van der Waals surface area (Å²) in [6.45, 7) is 1.97. The molecule has 0 bridgehead atoms.